The maximum absolute atomic E-state index is 11.6. The average molecular weight is 383 g/mol. The minimum Gasteiger partial charge on any atom is -0.539 e. The highest BCUT2D eigenvalue weighted by molar-refractivity contribution is 6.70. The number of nitro groups is 1. The Kier molecular flexibility index (Phi) is 6.23. The van der Waals surface area contributed by atoms with Crippen LogP contribution in [0.1, 0.15) is 31.9 Å². The summed E-state index contributed by atoms with van der Waals surface area (Å²) >= 11 is 0. The molecule has 0 aliphatic heterocycles. The van der Waals surface area contributed by atoms with E-state index < -0.39 is 16.6 Å². The molecule has 1 aromatic carbocycles. The van der Waals surface area contributed by atoms with Crippen LogP contribution >= 0.6 is 0 Å². The standard InChI is InChI=1S/C17H30N2O4Si2/c1-17(2,3)14-10-13(12-18-23-25(7,8)9)16(22-24(4,5)6)15(11-14)19(20)21/h10-12H,1-9H3/b18-12+. The fraction of sp³-hybridized carbons (Fsp3) is 0.588. The predicted octanol–water partition coefficient (Wildman–Crippen LogP) is 5.29. The molecule has 0 amide bonds. The molecule has 0 atom stereocenters. The molecule has 0 aliphatic carbocycles. The summed E-state index contributed by atoms with van der Waals surface area (Å²) in [4.78, 5) is 11.3. The lowest BCUT2D eigenvalue weighted by atomic mass is 9.85. The fourth-order valence-electron chi connectivity index (χ4n) is 1.96. The first-order valence-electron chi connectivity index (χ1n) is 8.34. The molecule has 0 bridgehead atoms. The second kappa shape index (κ2) is 7.29. The van der Waals surface area contributed by atoms with Gasteiger partial charge in [0.25, 0.3) is 8.32 Å². The third-order valence-corrected chi connectivity index (χ3v) is 4.56. The van der Waals surface area contributed by atoms with Crippen molar-refractivity contribution in [1.29, 1.82) is 0 Å². The number of oxime groups is 1. The van der Waals surface area contributed by atoms with Gasteiger partial charge < -0.3 is 8.95 Å². The second-order valence-electron chi connectivity index (χ2n) is 9.07. The van der Waals surface area contributed by atoms with Crippen molar-refractivity contribution in [3.05, 3.63) is 33.4 Å². The lowest BCUT2D eigenvalue weighted by Gasteiger charge is -2.24. The van der Waals surface area contributed by atoms with Crippen molar-refractivity contribution in [2.24, 2.45) is 5.16 Å². The molecule has 140 valence electrons. The number of nitrogens with zero attached hydrogens (tertiary/aromatic N) is 2. The molecule has 25 heavy (non-hydrogen) atoms. The van der Waals surface area contributed by atoms with Crippen LogP contribution in [0.3, 0.4) is 0 Å². The lowest BCUT2D eigenvalue weighted by molar-refractivity contribution is -0.385. The van der Waals surface area contributed by atoms with Crippen molar-refractivity contribution in [2.45, 2.75) is 65.5 Å². The zero-order valence-corrected chi connectivity index (χ0v) is 18.8. The van der Waals surface area contributed by atoms with Gasteiger partial charge in [-0.25, -0.2) is 0 Å². The highest BCUT2D eigenvalue weighted by Crippen LogP contribution is 2.37. The number of benzene rings is 1. The first-order valence-corrected chi connectivity index (χ1v) is 15.2. The van der Waals surface area contributed by atoms with E-state index in [-0.39, 0.29) is 21.8 Å². The summed E-state index contributed by atoms with van der Waals surface area (Å²) in [6.07, 6.45) is 1.54. The first kappa shape index (κ1) is 21.4. The van der Waals surface area contributed by atoms with Gasteiger partial charge in [0.05, 0.1) is 11.1 Å². The van der Waals surface area contributed by atoms with Crippen LogP contribution in [0.2, 0.25) is 39.3 Å². The Balaban J connectivity index is 3.56. The van der Waals surface area contributed by atoms with E-state index >= 15 is 0 Å². The van der Waals surface area contributed by atoms with E-state index in [9.17, 15) is 10.1 Å². The molecule has 0 aromatic heterocycles. The van der Waals surface area contributed by atoms with Gasteiger partial charge in [0.1, 0.15) is 0 Å². The number of rotatable bonds is 6. The smallest absolute Gasteiger partial charge is 0.310 e. The Morgan fingerprint density at radius 3 is 2.04 bits per heavy atom. The monoisotopic (exact) mass is 382 g/mol. The van der Waals surface area contributed by atoms with Crippen LogP contribution in [0.4, 0.5) is 5.69 Å². The number of nitro benzene ring substituents is 1. The molecule has 0 radical (unpaired) electrons. The van der Waals surface area contributed by atoms with Gasteiger partial charge in [0, 0.05) is 11.6 Å². The van der Waals surface area contributed by atoms with Gasteiger partial charge in [-0.1, -0.05) is 20.8 Å². The molecular weight excluding hydrogens is 352 g/mol. The molecule has 0 heterocycles. The van der Waals surface area contributed by atoms with Crippen LogP contribution in [0, 0.1) is 10.1 Å². The van der Waals surface area contributed by atoms with Crippen LogP contribution in [0.25, 0.3) is 0 Å². The Hall–Kier alpha value is -1.68. The summed E-state index contributed by atoms with van der Waals surface area (Å²) < 4.78 is 11.6. The summed E-state index contributed by atoms with van der Waals surface area (Å²) in [7, 11) is -3.87. The molecule has 0 saturated carbocycles. The Morgan fingerprint density at radius 2 is 1.64 bits per heavy atom. The van der Waals surface area contributed by atoms with Crippen molar-refractivity contribution in [3.8, 4) is 5.75 Å². The van der Waals surface area contributed by atoms with E-state index in [1.807, 2.05) is 66.1 Å². The maximum Gasteiger partial charge on any atom is 0.310 e. The second-order valence-corrected chi connectivity index (χ2v) is 17.9. The first-order chi connectivity index (χ1) is 11.1. The van der Waals surface area contributed by atoms with Crippen LogP contribution in [-0.2, 0) is 9.94 Å². The van der Waals surface area contributed by atoms with Crippen molar-refractivity contribution < 1.29 is 13.9 Å². The summed E-state index contributed by atoms with van der Waals surface area (Å²) in [5, 5.41) is 15.7. The van der Waals surface area contributed by atoms with E-state index in [0.29, 0.717) is 5.56 Å². The van der Waals surface area contributed by atoms with Gasteiger partial charge in [0.15, 0.2) is 5.75 Å². The van der Waals surface area contributed by atoms with Gasteiger partial charge >= 0.3 is 5.69 Å². The molecule has 0 spiro atoms. The Morgan fingerprint density at radius 1 is 1.08 bits per heavy atom. The molecule has 0 fully saturated rings. The SMILES string of the molecule is CC(C)(C)c1cc(/C=N/O[Si](C)(C)C)c(O[Si](C)(C)C)c([N+](=O)[O-])c1. The summed E-state index contributed by atoms with van der Waals surface area (Å²) in [5.41, 5.74) is 1.19. The van der Waals surface area contributed by atoms with E-state index in [1.54, 1.807) is 6.07 Å². The fourth-order valence-corrected chi connectivity index (χ4v) is 3.16. The highest BCUT2D eigenvalue weighted by Gasteiger charge is 2.29. The van der Waals surface area contributed by atoms with E-state index in [4.69, 9.17) is 8.95 Å². The Labute approximate surface area is 152 Å². The van der Waals surface area contributed by atoms with E-state index in [2.05, 4.69) is 5.16 Å². The third-order valence-electron chi connectivity index (χ3n) is 3.09. The molecule has 6 nitrogen and oxygen atoms in total. The van der Waals surface area contributed by atoms with Gasteiger partial charge in [0.2, 0.25) is 8.32 Å². The lowest BCUT2D eigenvalue weighted by Crippen LogP contribution is -2.30. The number of hydrogen-bond donors (Lipinski definition) is 0. The predicted molar refractivity (Wildman–Crippen MR) is 108 cm³/mol. The van der Waals surface area contributed by atoms with Gasteiger partial charge in [-0.3, -0.25) is 10.1 Å². The molecule has 8 heteroatoms. The average Bonchev–Trinajstić information content (AvgIpc) is 2.35. The van der Waals surface area contributed by atoms with Crippen LogP contribution in [0.5, 0.6) is 5.75 Å². The van der Waals surface area contributed by atoms with E-state index in [0.717, 1.165) is 5.56 Å². The van der Waals surface area contributed by atoms with E-state index in [1.165, 1.54) is 6.21 Å². The largest absolute Gasteiger partial charge is 0.539 e. The highest BCUT2D eigenvalue weighted by atomic mass is 28.4. The molecule has 0 N–H and O–H groups in total. The third kappa shape index (κ3) is 6.99. The zero-order chi connectivity index (χ0) is 19.6. The minimum atomic E-state index is -2.04. The van der Waals surface area contributed by atoms with Gasteiger partial charge in [-0.2, -0.15) is 0 Å². The summed E-state index contributed by atoms with van der Waals surface area (Å²) in [6, 6.07) is 3.51. The minimum absolute atomic E-state index is 0.0238. The van der Waals surface area contributed by atoms with Gasteiger partial charge in [-0.15, -0.1) is 5.16 Å². The molecule has 1 rings (SSSR count). The van der Waals surface area contributed by atoms with Crippen molar-refractivity contribution in [1.82, 2.24) is 0 Å². The molecular formula is C17H30N2O4Si2. The number of hydrogen-bond acceptors (Lipinski definition) is 5. The van der Waals surface area contributed by atoms with Gasteiger partial charge in [-0.05, 0) is 56.3 Å². The van der Waals surface area contributed by atoms with Crippen LogP contribution in [0.15, 0.2) is 17.3 Å². The quantitative estimate of drug-likeness (QED) is 0.290. The molecule has 1 aromatic rings. The van der Waals surface area contributed by atoms with Crippen molar-refractivity contribution in [2.75, 3.05) is 0 Å². The topological polar surface area (TPSA) is 74.0 Å². The molecule has 0 unspecified atom stereocenters. The van der Waals surface area contributed by atoms with Crippen LogP contribution < -0.4 is 4.43 Å². The van der Waals surface area contributed by atoms with Crippen molar-refractivity contribution in [3.63, 3.8) is 0 Å². The van der Waals surface area contributed by atoms with Crippen molar-refractivity contribution >= 4 is 28.5 Å². The Bertz CT molecular complexity index is 669. The summed E-state index contributed by atoms with van der Waals surface area (Å²) in [6.45, 7) is 18.1. The normalized spacial score (nSPS) is 13.2. The van der Waals surface area contributed by atoms with Crippen LogP contribution in [-0.4, -0.2) is 27.8 Å². The maximum atomic E-state index is 11.6. The summed E-state index contributed by atoms with van der Waals surface area (Å²) in [5.74, 6) is 0.278. The zero-order valence-electron chi connectivity index (χ0n) is 16.8. The molecule has 0 aliphatic rings. The molecule has 0 saturated heterocycles.